The Hall–Kier alpha value is -1.90. The van der Waals surface area contributed by atoms with Crippen LogP contribution in [0.1, 0.15) is 19.4 Å². The third kappa shape index (κ3) is 4.17. The summed E-state index contributed by atoms with van der Waals surface area (Å²) in [4.78, 5) is 0. The highest BCUT2D eigenvalue weighted by Gasteiger charge is 2.01. The van der Waals surface area contributed by atoms with Crippen molar-refractivity contribution in [3.63, 3.8) is 0 Å². The van der Waals surface area contributed by atoms with Gasteiger partial charge in [-0.15, -0.1) is 0 Å². The largest absolute Gasteiger partial charge is 0.457 e. The van der Waals surface area contributed by atoms with Crippen LogP contribution in [-0.4, -0.2) is 0 Å². The van der Waals surface area contributed by atoms with E-state index in [1.165, 1.54) is 30.3 Å². The molecule has 3 heteroatoms. The van der Waals surface area contributed by atoms with E-state index in [1.807, 2.05) is 13.8 Å². The first-order valence-corrected chi connectivity index (χ1v) is 5.84. The first kappa shape index (κ1) is 14.2. The van der Waals surface area contributed by atoms with Gasteiger partial charge in [-0.3, -0.25) is 0 Å². The highest BCUT2D eigenvalue weighted by atomic mass is 19.1. The molecule has 18 heavy (non-hydrogen) atoms. The quantitative estimate of drug-likeness (QED) is 0.721. The summed E-state index contributed by atoms with van der Waals surface area (Å²) in [7, 11) is 0. The van der Waals surface area contributed by atoms with E-state index < -0.39 is 0 Å². The molecule has 0 heterocycles. The summed E-state index contributed by atoms with van der Waals surface area (Å²) < 4.78 is 31.3. The zero-order chi connectivity index (χ0) is 13.5. The van der Waals surface area contributed by atoms with Crippen molar-refractivity contribution in [2.45, 2.75) is 20.8 Å². The molecule has 96 valence electrons. The van der Waals surface area contributed by atoms with E-state index >= 15 is 0 Å². The summed E-state index contributed by atoms with van der Waals surface area (Å²) in [5.41, 5.74) is 0.756. The second-order valence-electron chi connectivity index (χ2n) is 3.52. The molecule has 0 saturated heterocycles. The highest BCUT2D eigenvalue weighted by molar-refractivity contribution is 5.34. The average molecular weight is 250 g/mol. The smallest absolute Gasteiger partial charge is 0.130 e. The maximum atomic E-state index is 13.1. The number of ether oxygens (including phenoxy) is 1. The fourth-order valence-electron chi connectivity index (χ4n) is 1.43. The monoisotopic (exact) mass is 250 g/mol. The summed E-state index contributed by atoms with van der Waals surface area (Å²) >= 11 is 0. The number of aryl methyl sites for hydroxylation is 1. The fraction of sp³-hybridized carbons (Fsp3) is 0.200. The van der Waals surface area contributed by atoms with Gasteiger partial charge >= 0.3 is 0 Å². The SMILES string of the molecule is CC.Cc1cc(F)cc(Oc2cccc(F)c2)c1. The second kappa shape index (κ2) is 6.74. The maximum absolute atomic E-state index is 13.1. The summed E-state index contributed by atoms with van der Waals surface area (Å²) in [6.07, 6.45) is 0. The molecular formula is C15H16F2O. The van der Waals surface area contributed by atoms with Crippen LogP contribution >= 0.6 is 0 Å². The molecule has 0 aliphatic heterocycles. The molecule has 0 aliphatic carbocycles. The molecule has 0 amide bonds. The van der Waals surface area contributed by atoms with Crippen LogP contribution in [0.4, 0.5) is 8.78 Å². The Morgan fingerprint density at radius 1 is 0.833 bits per heavy atom. The molecule has 0 aromatic heterocycles. The van der Waals surface area contributed by atoms with Crippen LogP contribution in [0.5, 0.6) is 11.5 Å². The van der Waals surface area contributed by atoms with Gasteiger partial charge in [-0.05, 0) is 36.8 Å². The van der Waals surface area contributed by atoms with Crippen LogP contribution in [0.15, 0.2) is 42.5 Å². The molecule has 0 N–H and O–H groups in total. The summed E-state index contributed by atoms with van der Waals surface area (Å²) in [5, 5.41) is 0. The number of rotatable bonds is 2. The van der Waals surface area contributed by atoms with E-state index in [-0.39, 0.29) is 11.6 Å². The molecule has 0 radical (unpaired) electrons. The average Bonchev–Trinajstić information content (AvgIpc) is 2.30. The highest BCUT2D eigenvalue weighted by Crippen LogP contribution is 2.23. The standard InChI is InChI=1S/C13H10F2O.C2H6/c1-9-5-11(15)8-13(6-9)16-12-4-2-3-10(14)7-12;1-2/h2-8H,1H3;1-2H3. The van der Waals surface area contributed by atoms with Crippen LogP contribution in [0.25, 0.3) is 0 Å². The van der Waals surface area contributed by atoms with Gasteiger partial charge in [-0.1, -0.05) is 19.9 Å². The van der Waals surface area contributed by atoms with E-state index in [4.69, 9.17) is 4.74 Å². The van der Waals surface area contributed by atoms with E-state index in [0.29, 0.717) is 11.5 Å². The van der Waals surface area contributed by atoms with Crippen LogP contribution in [-0.2, 0) is 0 Å². The zero-order valence-corrected chi connectivity index (χ0v) is 10.7. The third-order valence-electron chi connectivity index (χ3n) is 2.05. The fourth-order valence-corrected chi connectivity index (χ4v) is 1.43. The number of benzene rings is 2. The predicted octanol–water partition coefficient (Wildman–Crippen LogP) is 5.09. The molecule has 0 spiro atoms. The van der Waals surface area contributed by atoms with Crippen molar-refractivity contribution in [1.29, 1.82) is 0 Å². The lowest BCUT2D eigenvalue weighted by molar-refractivity contribution is 0.471. The first-order valence-electron chi connectivity index (χ1n) is 5.84. The van der Waals surface area contributed by atoms with Crippen molar-refractivity contribution in [3.8, 4) is 11.5 Å². The molecule has 0 atom stereocenters. The Kier molecular flexibility index (Phi) is 5.31. The van der Waals surface area contributed by atoms with E-state index in [1.54, 1.807) is 19.1 Å². The summed E-state index contributed by atoms with van der Waals surface area (Å²) in [6.45, 7) is 5.77. The van der Waals surface area contributed by atoms with Crippen LogP contribution in [0.2, 0.25) is 0 Å². The molecule has 2 aromatic rings. The van der Waals surface area contributed by atoms with Crippen LogP contribution < -0.4 is 4.74 Å². The Labute approximate surface area is 106 Å². The molecule has 0 unspecified atom stereocenters. The lowest BCUT2D eigenvalue weighted by atomic mass is 10.2. The van der Waals surface area contributed by atoms with Crippen molar-refractivity contribution < 1.29 is 13.5 Å². The Morgan fingerprint density at radius 2 is 1.50 bits per heavy atom. The first-order chi connectivity index (χ1) is 8.63. The minimum atomic E-state index is -0.384. The molecule has 2 aromatic carbocycles. The Bertz CT molecular complexity index is 489. The van der Waals surface area contributed by atoms with Crippen LogP contribution in [0.3, 0.4) is 0 Å². The zero-order valence-electron chi connectivity index (χ0n) is 10.7. The van der Waals surface area contributed by atoms with Gasteiger partial charge in [-0.2, -0.15) is 0 Å². The van der Waals surface area contributed by atoms with Crippen molar-refractivity contribution >= 4 is 0 Å². The van der Waals surface area contributed by atoms with Crippen molar-refractivity contribution in [1.82, 2.24) is 0 Å². The van der Waals surface area contributed by atoms with Crippen molar-refractivity contribution in [3.05, 3.63) is 59.7 Å². The minimum Gasteiger partial charge on any atom is -0.457 e. The van der Waals surface area contributed by atoms with Gasteiger partial charge in [0, 0.05) is 12.1 Å². The van der Waals surface area contributed by atoms with Gasteiger partial charge in [-0.25, -0.2) is 8.78 Å². The van der Waals surface area contributed by atoms with Gasteiger partial charge < -0.3 is 4.74 Å². The molecular weight excluding hydrogens is 234 g/mol. The lowest BCUT2D eigenvalue weighted by Gasteiger charge is -2.06. The Balaban J connectivity index is 0.000000771. The summed E-state index contributed by atoms with van der Waals surface area (Å²) in [5.74, 6) is -0.0369. The van der Waals surface area contributed by atoms with Gasteiger partial charge in [0.25, 0.3) is 0 Å². The number of hydrogen-bond acceptors (Lipinski definition) is 1. The molecule has 0 saturated carbocycles. The minimum absolute atomic E-state index is 0.352. The van der Waals surface area contributed by atoms with Crippen molar-refractivity contribution in [2.75, 3.05) is 0 Å². The Morgan fingerprint density at radius 3 is 2.11 bits per heavy atom. The number of halogens is 2. The van der Waals surface area contributed by atoms with E-state index in [9.17, 15) is 8.78 Å². The van der Waals surface area contributed by atoms with Crippen LogP contribution in [0, 0.1) is 18.6 Å². The third-order valence-corrected chi connectivity index (χ3v) is 2.05. The molecule has 0 fully saturated rings. The van der Waals surface area contributed by atoms with Gasteiger partial charge in [0.2, 0.25) is 0 Å². The lowest BCUT2D eigenvalue weighted by Crippen LogP contribution is -1.87. The predicted molar refractivity (Wildman–Crippen MR) is 69.0 cm³/mol. The normalized spacial score (nSPS) is 9.39. The maximum Gasteiger partial charge on any atom is 0.130 e. The van der Waals surface area contributed by atoms with E-state index in [2.05, 4.69) is 0 Å². The van der Waals surface area contributed by atoms with Gasteiger partial charge in [0.05, 0.1) is 0 Å². The van der Waals surface area contributed by atoms with Crippen molar-refractivity contribution in [2.24, 2.45) is 0 Å². The molecule has 2 rings (SSSR count). The molecule has 0 bridgehead atoms. The summed E-state index contributed by atoms with van der Waals surface area (Å²) in [6, 6.07) is 10.1. The topological polar surface area (TPSA) is 9.23 Å². The van der Waals surface area contributed by atoms with Gasteiger partial charge in [0.15, 0.2) is 0 Å². The van der Waals surface area contributed by atoms with E-state index in [0.717, 1.165) is 5.56 Å². The second-order valence-corrected chi connectivity index (χ2v) is 3.52. The van der Waals surface area contributed by atoms with Gasteiger partial charge in [0.1, 0.15) is 23.1 Å². The molecule has 0 aliphatic rings. The number of hydrogen-bond donors (Lipinski definition) is 0. The molecule has 1 nitrogen and oxygen atoms in total.